The number of nitrogens with one attached hydrogen (secondary N) is 1. The van der Waals surface area contributed by atoms with E-state index in [1.165, 1.54) is 12.1 Å². The lowest BCUT2D eigenvalue weighted by atomic mass is 9.98. The summed E-state index contributed by atoms with van der Waals surface area (Å²) in [6.07, 6.45) is -1.40. The van der Waals surface area contributed by atoms with Gasteiger partial charge in [-0.15, -0.1) is 13.2 Å². The Balaban J connectivity index is 1.84. The molecule has 1 aliphatic heterocycles. The number of nitrogens with zero attached hydrogens (tertiary/aromatic N) is 1. The van der Waals surface area contributed by atoms with E-state index in [4.69, 9.17) is 4.42 Å². The van der Waals surface area contributed by atoms with E-state index >= 15 is 0 Å². The molecule has 1 fully saturated rings. The maximum absolute atomic E-state index is 12.3. The van der Waals surface area contributed by atoms with Gasteiger partial charge in [-0.1, -0.05) is 12.1 Å². The van der Waals surface area contributed by atoms with Crippen molar-refractivity contribution >= 4 is 0 Å². The molecule has 0 spiro atoms. The highest BCUT2D eigenvalue weighted by molar-refractivity contribution is 5.34. The van der Waals surface area contributed by atoms with Gasteiger partial charge in [0.25, 0.3) is 0 Å². The number of benzene rings is 1. The minimum Gasteiger partial charge on any atom is -0.472 e. The average molecular weight is 326 g/mol. The Labute approximate surface area is 131 Å². The lowest BCUT2D eigenvalue weighted by Gasteiger charge is -2.34. The predicted molar refractivity (Wildman–Crippen MR) is 78.1 cm³/mol. The Kier molecular flexibility index (Phi) is 4.58. The molecule has 0 amide bonds. The van der Waals surface area contributed by atoms with Crippen molar-refractivity contribution in [1.82, 2.24) is 10.2 Å². The summed E-state index contributed by atoms with van der Waals surface area (Å²) in [5, 5.41) is 3.29. The molecule has 1 N–H and O–H groups in total. The van der Waals surface area contributed by atoms with Gasteiger partial charge in [0.2, 0.25) is 0 Å². The smallest absolute Gasteiger partial charge is 0.472 e. The lowest BCUT2D eigenvalue weighted by Crippen LogP contribution is -2.45. The zero-order valence-electron chi connectivity index (χ0n) is 12.3. The molecule has 124 valence electrons. The van der Waals surface area contributed by atoms with E-state index in [0.29, 0.717) is 0 Å². The first kappa shape index (κ1) is 15.9. The summed E-state index contributed by atoms with van der Waals surface area (Å²) >= 11 is 0. The topological polar surface area (TPSA) is 37.6 Å². The molecule has 4 nitrogen and oxygen atoms in total. The third-order valence-electron chi connectivity index (χ3n) is 3.81. The van der Waals surface area contributed by atoms with E-state index in [9.17, 15) is 13.2 Å². The molecule has 0 saturated carbocycles. The maximum atomic E-state index is 12.3. The van der Waals surface area contributed by atoms with E-state index in [2.05, 4.69) is 15.0 Å². The molecule has 0 unspecified atom stereocenters. The van der Waals surface area contributed by atoms with Crippen LogP contribution in [0.15, 0.2) is 47.3 Å². The van der Waals surface area contributed by atoms with Crippen LogP contribution in [0.3, 0.4) is 0 Å². The fraction of sp³-hybridized carbons (Fsp3) is 0.375. The van der Waals surface area contributed by atoms with Crippen LogP contribution in [0.5, 0.6) is 5.75 Å². The molecule has 7 heteroatoms. The Hall–Kier alpha value is -1.99. The fourth-order valence-corrected chi connectivity index (χ4v) is 2.84. The molecule has 23 heavy (non-hydrogen) atoms. The van der Waals surface area contributed by atoms with Gasteiger partial charge in [0.05, 0.1) is 18.6 Å². The fourth-order valence-electron chi connectivity index (χ4n) is 2.84. The Morgan fingerprint density at radius 1 is 1.04 bits per heavy atom. The SMILES string of the molecule is FC(F)(F)Oc1ccc([C@H](c2ccoc2)N2CCNCC2)cc1. The normalized spacial score (nSPS) is 17.9. The van der Waals surface area contributed by atoms with E-state index in [-0.39, 0.29) is 11.8 Å². The Bertz CT molecular complexity index is 605. The maximum Gasteiger partial charge on any atom is 0.573 e. The summed E-state index contributed by atoms with van der Waals surface area (Å²) in [4.78, 5) is 2.28. The van der Waals surface area contributed by atoms with Crippen molar-refractivity contribution in [3.8, 4) is 5.75 Å². The second kappa shape index (κ2) is 6.64. The van der Waals surface area contributed by atoms with Gasteiger partial charge in [-0.3, -0.25) is 4.90 Å². The predicted octanol–water partition coefficient (Wildman–Crippen LogP) is 3.17. The summed E-state index contributed by atoms with van der Waals surface area (Å²) in [6.45, 7) is 3.47. The minimum atomic E-state index is -4.68. The van der Waals surface area contributed by atoms with Crippen molar-refractivity contribution in [3.63, 3.8) is 0 Å². The molecule has 3 rings (SSSR count). The van der Waals surface area contributed by atoms with Gasteiger partial charge in [0, 0.05) is 31.7 Å². The number of rotatable bonds is 4. The molecule has 2 aromatic rings. The number of halogens is 3. The van der Waals surface area contributed by atoms with Gasteiger partial charge in [0.1, 0.15) is 5.75 Å². The van der Waals surface area contributed by atoms with E-state index in [0.717, 1.165) is 37.3 Å². The van der Waals surface area contributed by atoms with Crippen LogP contribution in [-0.2, 0) is 0 Å². The van der Waals surface area contributed by atoms with Crippen molar-refractivity contribution in [3.05, 3.63) is 54.0 Å². The number of hydrogen-bond acceptors (Lipinski definition) is 4. The lowest BCUT2D eigenvalue weighted by molar-refractivity contribution is -0.274. The molecule has 0 aliphatic carbocycles. The first-order chi connectivity index (χ1) is 11.0. The first-order valence-corrected chi connectivity index (χ1v) is 7.35. The molecule has 1 atom stereocenters. The molecule has 1 aromatic carbocycles. The summed E-state index contributed by atoms with van der Waals surface area (Å²) in [5.74, 6) is -0.215. The Morgan fingerprint density at radius 2 is 1.74 bits per heavy atom. The number of ether oxygens (including phenoxy) is 1. The molecular weight excluding hydrogens is 309 g/mol. The van der Waals surface area contributed by atoms with Crippen molar-refractivity contribution in [2.24, 2.45) is 0 Å². The van der Waals surface area contributed by atoms with E-state index in [1.807, 2.05) is 6.07 Å². The van der Waals surface area contributed by atoms with Gasteiger partial charge in [-0.25, -0.2) is 0 Å². The third-order valence-corrected chi connectivity index (χ3v) is 3.81. The summed E-state index contributed by atoms with van der Waals surface area (Å²) in [5.41, 5.74) is 1.89. The van der Waals surface area contributed by atoms with E-state index < -0.39 is 6.36 Å². The van der Waals surface area contributed by atoms with Crippen LogP contribution in [0.4, 0.5) is 13.2 Å². The van der Waals surface area contributed by atoms with Crippen LogP contribution in [0.25, 0.3) is 0 Å². The molecule has 1 aliphatic rings. The summed E-state index contributed by atoms with van der Waals surface area (Å²) in [6, 6.07) is 7.86. The van der Waals surface area contributed by atoms with Crippen LogP contribution in [-0.4, -0.2) is 37.4 Å². The number of hydrogen-bond donors (Lipinski definition) is 1. The van der Waals surface area contributed by atoms with Crippen LogP contribution < -0.4 is 10.1 Å². The van der Waals surface area contributed by atoms with Gasteiger partial charge in [-0.2, -0.15) is 0 Å². The van der Waals surface area contributed by atoms with Gasteiger partial charge in [-0.05, 0) is 23.8 Å². The van der Waals surface area contributed by atoms with Crippen molar-refractivity contribution in [1.29, 1.82) is 0 Å². The van der Waals surface area contributed by atoms with Crippen molar-refractivity contribution in [2.75, 3.05) is 26.2 Å². The summed E-state index contributed by atoms with van der Waals surface area (Å²) in [7, 11) is 0. The average Bonchev–Trinajstić information content (AvgIpc) is 3.03. The van der Waals surface area contributed by atoms with Gasteiger partial charge >= 0.3 is 6.36 Å². The van der Waals surface area contributed by atoms with Crippen molar-refractivity contribution < 1.29 is 22.3 Å². The quantitative estimate of drug-likeness (QED) is 0.936. The highest BCUT2D eigenvalue weighted by Gasteiger charge is 2.31. The standard InChI is InChI=1S/C16H17F3N2O2/c17-16(18,19)23-14-3-1-12(2-4-14)15(13-5-10-22-11-13)21-8-6-20-7-9-21/h1-5,10-11,15,20H,6-9H2/t15-/m1/s1. The molecule has 2 heterocycles. The minimum absolute atomic E-state index is 0.0456. The molecule has 1 aromatic heterocycles. The largest absolute Gasteiger partial charge is 0.573 e. The molecular formula is C16H17F3N2O2. The second-order valence-electron chi connectivity index (χ2n) is 5.36. The number of alkyl halides is 3. The van der Waals surface area contributed by atoms with Gasteiger partial charge < -0.3 is 14.5 Å². The monoisotopic (exact) mass is 326 g/mol. The van der Waals surface area contributed by atoms with Crippen LogP contribution in [0.2, 0.25) is 0 Å². The summed E-state index contributed by atoms with van der Waals surface area (Å²) < 4.78 is 45.9. The third kappa shape index (κ3) is 4.05. The highest BCUT2D eigenvalue weighted by atomic mass is 19.4. The van der Waals surface area contributed by atoms with Crippen LogP contribution in [0, 0.1) is 0 Å². The molecule has 0 bridgehead atoms. The molecule has 0 radical (unpaired) electrons. The second-order valence-corrected chi connectivity index (χ2v) is 5.36. The highest BCUT2D eigenvalue weighted by Crippen LogP contribution is 2.31. The first-order valence-electron chi connectivity index (χ1n) is 7.35. The van der Waals surface area contributed by atoms with Crippen LogP contribution >= 0.6 is 0 Å². The van der Waals surface area contributed by atoms with Crippen LogP contribution in [0.1, 0.15) is 17.2 Å². The zero-order valence-corrected chi connectivity index (χ0v) is 12.3. The number of piperazine rings is 1. The van der Waals surface area contributed by atoms with E-state index in [1.54, 1.807) is 24.7 Å². The molecule has 1 saturated heterocycles. The van der Waals surface area contributed by atoms with Crippen molar-refractivity contribution in [2.45, 2.75) is 12.4 Å². The Morgan fingerprint density at radius 3 is 2.30 bits per heavy atom. The number of furan rings is 1. The van der Waals surface area contributed by atoms with Gasteiger partial charge in [0.15, 0.2) is 0 Å². The zero-order chi connectivity index (χ0) is 16.3.